The van der Waals surface area contributed by atoms with E-state index in [9.17, 15) is 9.59 Å². The van der Waals surface area contributed by atoms with Crippen LogP contribution in [0, 0.1) is 13.8 Å². The van der Waals surface area contributed by atoms with E-state index in [1.807, 2.05) is 39.8 Å². The van der Waals surface area contributed by atoms with Gasteiger partial charge in [-0.3, -0.25) is 14.2 Å². The molecule has 0 unspecified atom stereocenters. The van der Waals surface area contributed by atoms with E-state index < -0.39 is 0 Å². The Hall–Kier alpha value is -3.03. The minimum atomic E-state index is -0.278. The summed E-state index contributed by atoms with van der Waals surface area (Å²) in [6.45, 7) is 9.90. The molecular weight excluding hydrogens is 344 g/mol. The monoisotopic (exact) mass is 368 g/mol. The molecule has 0 aromatic carbocycles. The molecule has 0 aliphatic rings. The highest BCUT2D eigenvalue weighted by Crippen LogP contribution is 2.18. The van der Waals surface area contributed by atoms with E-state index in [4.69, 9.17) is 0 Å². The molecule has 0 atom stereocenters. The second kappa shape index (κ2) is 6.94. The molecule has 3 aromatic rings. The van der Waals surface area contributed by atoms with Gasteiger partial charge in [0, 0.05) is 19.2 Å². The van der Waals surface area contributed by atoms with Gasteiger partial charge in [-0.05, 0) is 46.2 Å². The van der Waals surface area contributed by atoms with Crippen LogP contribution in [-0.4, -0.2) is 30.2 Å². The van der Waals surface area contributed by atoms with Crippen molar-refractivity contribution in [3.8, 4) is 0 Å². The average Bonchev–Trinajstić information content (AvgIpc) is 3.01. The smallest absolute Gasteiger partial charge is 0.264 e. The molecule has 27 heavy (non-hydrogen) atoms. The van der Waals surface area contributed by atoms with Gasteiger partial charge in [-0.25, -0.2) is 14.6 Å². The van der Waals surface area contributed by atoms with Crippen molar-refractivity contribution in [2.75, 3.05) is 5.32 Å². The first kappa shape index (κ1) is 18.8. The predicted octanol–water partition coefficient (Wildman–Crippen LogP) is 2.39. The van der Waals surface area contributed by atoms with Crippen LogP contribution in [0.2, 0.25) is 0 Å². The quantitative estimate of drug-likeness (QED) is 0.763. The minimum Gasteiger partial charge on any atom is -0.310 e. The van der Waals surface area contributed by atoms with E-state index in [2.05, 4.69) is 20.4 Å². The largest absolute Gasteiger partial charge is 0.310 e. The first-order valence-corrected chi connectivity index (χ1v) is 8.85. The average molecular weight is 368 g/mol. The number of amides is 1. The number of hydrogen-bond acceptors (Lipinski definition) is 5. The number of carbonyl (C=O) groups is 1. The number of aromatic nitrogens is 5. The Bertz CT molecular complexity index is 1060. The lowest BCUT2D eigenvalue weighted by atomic mass is 10.1. The molecule has 8 nitrogen and oxygen atoms in total. The van der Waals surface area contributed by atoms with Gasteiger partial charge in [-0.1, -0.05) is 6.07 Å². The minimum absolute atomic E-state index is 0.150. The molecule has 0 fully saturated rings. The Morgan fingerprint density at radius 3 is 2.67 bits per heavy atom. The summed E-state index contributed by atoms with van der Waals surface area (Å²) in [4.78, 5) is 33.8. The number of pyridine rings is 1. The van der Waals surface area contributed by atoms with Gasteiger partial charge >= 0.3 is 0 Å². The van der Waals surface area contributed by atoms with Crippen molar-refractivity contribution in [3.63, 3.8) is 0 Å². The van der Waals surface area contributed by atoms with Crippen molar-refractivity contribution in [1.82, 2.24) is 24.3 Å². The summed E-state index contributed by atoms with van der Waals surface area (Å²) in [7, 11) is 0. The molecule has 0 saturated carbocycles. The molecule has 0 aliphatic heterocycles. The zero-order valence-corrected chi connectivity index (χ0v) is 16.3. The molecule has 0 aliphatic carbocycles. The van der Waals surface area contributed by atoms with E-state index in [0.717, 1.165) is 5.56 Å². The van der Waals surface area contributed by atoms with E-state index in [0.29, 0.717) is 22.7 Å². The summed E-state index contributed by atoms with van der Waals surface area (Å²) in [6.07, 6.45) is 3.32. The zero-order valence-electron chi connectivity index (χ0n) is 16.3. The first-order valence-electron chi connectivity index (χ1n) is 8.85. The number of rotatable bonds is 4. The van der Waals surface area contributed by atoms with Gasteiger partial charge in [0.05, 0.1) is 11.7 Å². The molecule has 0 saturated heterocycles. The van der Waals surface area contributed by atoms with Gasteiger partial charge in [0.2, 0.25) is 5.91 Å². The first-order chi connectivity index (χ1) is 12.7. The third-order valence-electron chi connectivity index (χ3n) is 4.34. The van der Waals surface area contributed by atoms with Gasteiger partial charge in [-0.2, -0.15) is 5.10 Å². The Morgan fingerprint density at radius 1 is 1.26 bits per heavy atom. The van der Waals surface area contributed by atoms with Crippen LogP contribution in [0.1, 0.15) is 38.6 Å². The summed E-state index contributed by atoms with van der Waals surface area (Å²) in [5.74, 6) is 0.889. The zero-order chi connectivity index (χ0) is 19.8. The van der Waals surface area contributed by atoms with Crippen molar-refractivity contribution in [1.29, 1.82) is 0 Å². The second-order valence-electron chi connectivity index (χ2n) is 7.55. The van der Waals surface area contributed by atoms with E-state index in [1.165, 1.54) is 4.57 Å². The number of aryl methyl sites for hydroxylation is 2. The Morgan fingerprint density at radius 2 is 2.00 bits per heavy atom. The van der Waals surface area contributed by atoms with E-state index in [1.54, 1.807) is 24.0 Å². The van der Waals surface area contributed by atoms with E-state index >= 15 is 0 Å². The number of nitrogens with zero attached hydrogens (tertiary/aromatic N) is 5. The molecule has 8 heteroatoms. The predicted molar refractivity (Wildman–Crippen MR) is 104 cm³/mol. The highest BCUT2D eigenvalue weighted by Gasteiger charge is 2.21. The number of carbonyl (C=O) groups excluding carboxylic acids is 1. The third kappa shape index (κ3) is 3.74. The van der Waals surface area contributed by atoms with Crippen molar-refractivity contribution in [2.45, 2.75) is 53.1 Å². The lowest BCUT2D eigenvalue weighted by Crippen LogP contribution is -2.28. The van der Waals surface area contributed by atoms with E-state index in [-0.39, 0.29) is 30.0 Å². The molecule has 1 amide bonds. The summed E-state index contributed by atoms with van der Waals surface area (Å²) >= 11 is 0. The fourth-order valence-electron chi connectivity index (χ4n) is 2.89. The van der Waals surface area contributed by atoms with Gasteiger partial charge in [0.1, 0.15) is 17.0 Å². The second-order valence-corrected chi connectivity index (χ2v) is 7.55. The van der Waals surface area contributed by atoms with Crippen LogP contribution in [0.15, 0.2) is 29.3 Å². The van der Waals surface area contributed by atoms with Gasteiger partial charge in [0.15, 0.2) is 5.65 Å². The molecule has 142 valence electrons. The highest BCUT2D eigenvalue weighted by atomic mass is 16.2. The van der Waals surface area contributed by atoms with Crippen LogP contribution in [0.3, 0.4) is 0 Å². The van der Waals surface area contributed by atoms with Crippen LogP contribution >= 0.6 is 0 Å². The molecule has 0 bridgehead atoms. The van der Waals surface area contributed by atoms with Crippen LogP contribution in [-0.2, 0) is 16.9 Å². The summed E-state index contributed by atoms with van der Waals surface area (Å²) < 4.78 is 3.26. The molecule has 1 N–H and O–H groups in total. The lowest BCUT2D eigenvalue weighted by molar-refractivity contribution is -0.116. The van der Waals surface area contributed by atoms with Crippen LogP contribution in [0.5, 0.6) is 0 Å². The number of nitrogens with one attached hydrogen (secondary N) is 1. The maximum atomic E-state index is 12.8. The fourth-order valence-corrected chi connectivity index (χ4v) is 2.89. The van der Waals surface area contributed by atoms with Crippen LogP contribution in [0.4, 0.5) is 5.82 Å². The summed E-state index contributed by atoms with van der Waals surface area (Å²) in [5, 5.41) is 7.56. The van der Waals surface area contributed by atoms with Crippen molar-refractivity contribution < 1.29 is 4.79 Å². The van der Waals surface area contributed by atoms with Crippen molar-refractivity contribution in [2.24, 2.45) is 0 Å². The molecule has 3 aromatic heterocycles. The van der Waals surface area contributed by atoms with Crippen molar-refractivity contribution >= 4 is 22.8 Å². The molecule has 0 spiro atoms. The van der Waals surface area contributed by atoms with Crippen LogP contribution in [0.25, 0.3) is 11.0 Å². The maximum Gasteiger partial charge on any atom is 0.264 e. The van der Waals surface area contributed by atoms with Crippen molar-refractivity contribution in [3.05, 3.63) is 46.3 Å². The topological polar surface area (TPSA) is 94.7 Å². The Labute approximate surface area is 157 Å². The molecule has 3 heterocycles. The number of hydrogen-bond donors (Lipinski definition) is 1. The van der Waals surface area contributed by atoms with Gasteiger partial charge < -0.3 is 5.32 Å². The van der Waals surface area contributed by atoms with Gasteiger partial charge in [-0.15, -0.1) is 0 Å². The Kier molecular flexibility index (Phi) is 4.82. The Balaban J connectivity index is 1.82. The fraction of sp³-hybridized carbons (Fsp3) is 0.421. The SMILES string of the molecule is Cc1cccnc1NC(=O)CCn1c(C)nc2c(cnn2C(C)(C)C)c1=O. The maximum absolute atomic E-state index is 12.8. The van der Waals surface area contributed by atoms with Gasteiger partial charge in [0.25, 0.3) is 5.56 Å². The lowest BCUT2D eigenvalue weighted by Gasteiger charge is -2.20. The number of anilines is 1. The normalized spacial score (nSPS) is 11.7. The van der Waals surface area contributed by atoms with Crippen LogP contribution < -0.4 is 10.9 Å². The summed E-state index contributed by atoms with van der Waals surface area (Å²) in [6, 6.07) is 3.69. The molecular formula is C19H24N6O2. The third-order valence-corrected chi connectivity index (χ3v) is 4.34. The highest BCUT2D eigenvalue weighted by molar-refractivity contribution is 5.90. The standard InChI is InChI=1S/C19H24N6O2/c1-12-7-6-9-20-16(12)23-15(26)8-10-24-13(2)22-17-14(18(24)27)11-21-25(17)19(3,4)5/h6-7,9,11H,8,10H2,1-5H3,(H,20,23,26). The summed E-state index contributed by atoms with van der Waals surface area (Å²) in [5.41, 5.74) is 0.988. The molecule has 0 radical (unpaired) electrons. The molecule has 3 rings (SSSR count). The number of fused-ring (bicyclic) bond motifs is 1.